The lowest BCUT2D eigenvalue weighted by Crippen LogP contribution is -2.14. The van der Waals surface area contributed by atoms with Crippen LogP contribution in [0.1, 0.15) is 50.2 Å². The van der Waals surface area contributed by atoms with E-state index in [0.29, 0.717) is 6.04 Å². The van der Waals surface area contributed by atoms with E-state index in [4.69, 9.17) is 4.98 Å². The Kier molecular flexibility index (Phi) is 2.97. The smallest absolute Gasteiger partial charge is 0.109 e. The molecule has 1 aromatic heterocycles. The summed E-state index contributed by atoms with van der Waals surface area (Å²) in [7, 11) is 0. The van der Waals surface area contributed by atoms with E-state index in [1.807, 2.05) is 0 Å². The SMILES string of the molecule is CC1CCCc2nc(CC3CCCS3)cn21. The number of fused-ring (bicyclic) bond motifs is 1. The molecule has 0 aliphatic carbocycles. The van der Waals surface area contributed by atoms with Crippen LogP contribution in [0.5, 0.6) is 0 Å². The van der Waals surface area contributed by atoms with E-state index >= 15 is 0 Å². The summed E-state index contributed by atoms with van der Waals surface area (Å²) in [4.78, 5) is 4.81. The van der Waals surface area contributed by atoms with Gasteiger partial charge in [-0.3, -0.25) is 0 Å². The number of rotatable bonds is 2. The average molecular weight is 236 g/mol. The molecule has 2 atom stereocenters. The van der Waals surface area contributed by atoms with Crippen molar-refractivity contribution in [3.63, 3.8) is 0 Å². The molecule has 0 bridgehead atoms. The summed E-state index contributed by atoms with van der Waals surface area (Å²) in [6.07, 6.45) is 10.1. The second-order valence-electron chi connectivity index (χ2n) is 5.14. The molecule has 3 heteroatoms. The van der Waals surface area contributed by atoms with Crippen LogP contribution in [-0.4, -0.2) is 20.6 Å². The van der Waals surface area contributed by atoms with Crippen LogP contribution in [0.2, 0.25) is 0 Å². The molecule has 3 rings (SSSR count). The van der Waals surface area contributed by atoms with E-state index in [1.54, 1.807) is 0 Å². The molecule has 1 saturated heterocycles. The van der Waals surface area contributed by atoms with E-state index in [-0.39, 0.29) is 0 Å². The van der Waals surface area contributed by atoms with Gasteiger partial charge in [-0.25, -0.2) is 4.98 Å². The lowest BCUT2D eigenvalue weighted by molar-refractivity contribution is 0.425. The average Bonchev–Trinajstić information content (AvgIpc) is 2.88. The fraction of sp³-hybridized carbons (Fsp3) is 0.769. The van der Waals surface area contributed by atoms with E-state index in [1.165, 1.54) is 55.8 Å². The van der Waals surface area contributed by atoms with Gasteiger partial charge in [0.1, 0.15) is 5.82 Å². The number of aryl methyl sites for hydroxylation is 1. The third kappa shape index (κ3) is 2.02. The van der Waals surface area contributed by atoms with Gasteiger partial charge in [-0.1, -0.05) is 0 Å². The maximum atomic E-state index is 4.81. The van der Waals surface area contributed by atoms with Crippen molar-refractivity contribution in [1.82, 2.24) is 9.55 Å². The first-order valence-corrected chi connectivity index (χ1v) is 7.56. The van der Waals surface area contributed by atoms with Crippen LogP contribution in [0.3, 0.4) is 0 Å². The van der Waals surface area contributed by atoms with Crippen LogP contribution in [0.4, 0.5) is 0 Å². The molecular formula is C13H20N2S. The highest BCUT2D eigenvalue weighted by Gasteiger charge is 2.21. The van der Waals surface area contributed by atoms with Crippen LogP contribution in [0.25, 0.3) is 0 Å². The number of imidazole rings is 1. The molecule has 88 valence electrons. The Labute approximate surface area is 102 Å². The standard InChI is InChI=1S/C13H20N2S/c1-10-4-2-6-13-14-11(9-15(10)13)8-12-5-3-7-16-12/h9-10,12H,2-8H2,1H3. The third-order valence-corrected chi connectivity index (χ3v) is 5.21. The molecule has 2 nitrogen and oxygen atoms in total. The molecule has 1 aromatic rings. The zero-order valence-corrected chi connectivity index (χ0v) is 10.8. The van der Waals surface area contributed by atoms with Gasteiger partial charge in [0.05, 0.1) is 5.69 Å². The first-order chi connectivity index (χ1) is 7.83. The lowest BCUT2D eigenvalue weighted by atomic mass is 10.1. The molecule has 0 spiro atoms. The van der Waals surface area contributed by atoms with Gasteiger partial charge in [-0.15, -0.1) is 0 Å². The summed E-state index contributed by atoms with van der Waals surface area (Å²) in [5.41, 5.74) is 1.34. The topological polar surface area (TPSA) is 17.8 Å². The molecule has 2 aliphatic heterocycles. The maximum absolute atomic E-state index is 4.81. The first kappa shape index (κ1) is 10.7. The summed E-state index contributed by atoms with van der Waals surface area (Å²) in [6.45, 7) is 2.32. The minimum absolute atomic E-state index is 0.668. The summed E-state index contributed by atoms with van der Waals surface area (Å²) in [5.74, 6) is 2.69. The van der Waals surface area contributed by atoms with Crippen molar-refractivity contribution in [2.24, 2.45) is 0 Å². The van der Waals surface area contributed by atoms with Crippen molar-refractivity contribution in [3.05, 3.63) is 17.7 Å². The van der Waals surface area contributed by atoms with Crippen molar-refractivity contribution < 1.29 is 0 Å². The van der Waals surface area contributed by atoms with Gasteiger partial charge >= 0.3 is 0 Å². The predicted octanol–water partition coefficient (Wildman–Crippen LogP) is 3.22. The Morgan fingerprint density at radius 3 is 3.12 bits per heavy atom. The van der Waals surface area contributed by atoms with Crippen LogP contribution in [-0.2, 0) is 12.8 Å². The van der Waals surface area contributed by atoms with E-state index in [0.717, 1.165) is 5.25 Å². The third-order valence-electron chi connectivity index (χ3n) is 3.82. The fourth-order valence-electron chi connectivity index (χ4n) is 2.89. The molecule has 0 N–H and O–H groups in total. The molecule has 0 aromatic carbocycles. The van der Waals surface area contributed by atoms with Gasteiger partial charge in [-0.05, 0) is 38.4 Å². The van der Waals surface area contributed by atoms with E-state index in [2.05, 4.69) is 29.4 Å². The highest BCUT2D eigenvalue weighted by atomic mass is 32.2. The van der Waals surface area contributed by atoms with Crippen molar-refractivity contribution in [1.29, 1.82) is 0 Å². The number of thioether (sulfide) groups is 1. The Balaban J connectivity index is 1.75. The van der Waals surface area contributed by atoms with Crippen molar-refractivity contribution >= 4 is 11.8 Å². The number of aromatic nitrogens is 2. The molecule has 2 unspecified atom stereocenters. The quantitative estimate of drug-likeness (QED) is 0.784. The van der Waals surface area contributed by atoms with Gasteiger partial charge in [0.15, 0.2) is 0 Å². The Bertz CT molecular complexity index is 366. The molecule has 1 fully saturated rings. The molecule has 0 radical (unpaired) electrons. The van der Waals surface area contributed by atoms with Crippen molar-refractivity contribution in [3.8, 4) is 0 Å². The normalized spacial score (nSPS) is 29.3. The van der Waals surface area contributed by atoms with E-state index in [9.17, 15) is 0 Å². The number of hydrogen-bond acceptors (Lipinski definition) is 2. The Morgan fingerprint density at radius 1 is 1.44 bits per heavy atom. The van der Waals surface area contributed by atoms with Crippen LogP contribution in [0, 0.1) is 0 Å². The fourth-order valence-corrected chi connectivity index (χ4v) is 4.17. The Morgan fingerprint density at radius 2 is 2.38 bits per heavy atom. The van der Waals surface area contributed by atoms with Crippen LogP contribution >= 0.6 is 11.8 Å². The largest absolute Gasteiger partial charge is 0.332 e. The number of hydrogen-bond donors (Lipinski definition) is 0. The predicted molar refractivity (Wildman–Crippen MR) is 69.1 cm³/mol. The summed E-state index contributed by atoms with van der Waals surface area (Å²) in [6, 6.07) is 0.668. The van der Waals surface area contributed by atoms with Gasteiger partial charge in [0.25, 0.3) is 0 Å². The van der Waals surface area contributed by atoms with Crippen molar-refractivity contribution in [2.75, 3.05) is 5.75 Å². The number of nitrogens with zero attached hydrogens (tertiary/aromatic N) is 2. The van der Waals surface area contributed by atoms with Gasteiger partial charge in [-0.2, -0.15) is 11.8 Å². The van der Waals surface area contributed by atoms with Crippen LogP contribution in [0.15, 0.2) is 6.20 Å². The summed E-state index contributed by atoms with van der Waals surface area (Å²) in [5, 5.41) is 0.840. The zero-order valence-electron chi connectivity index (χ0n) is 9.98. The van der Waals surface area contributed by atoms with Gasteiger partial charge in [0, 0.05) is 30.3 Å². The highest BCUT2D eigenvalue weighted by Crippen LogP contribution is 2.30. The molecule has 3 heterocycles. The van der Waals surface area contributed by atoms with Gasteiger partial charge in [0.2, 0.25) is 0 Å². The second kappa shape index (κ2) is 4.44. The van der Waals surface area contributed by atoms with Gasteiger partial charge < -0.3 is 4.57 Å². The monoisotopic (exact) mass is 236 g/mol. The molecule has 16 heavy (non-hydrogen) atoms. The summed E-state index contributed by atoms with van der Waals surface area (Å²) >= 11 is 2.13. The molecule has 2 aliphatic rings. The highest BCUT2D eigenvalue weighted by molar-refractivity contribution is 8.00. The molecule has 0 saturated carbocycles. The Hall–Kier alpha value is -0.440. The second-order valence-corrected chi connectivity index (χ2v) is 6.54. The molecular weight excluding hydrogens is 216 g/mol. The van der Waals surface area contributed by atoms with E-state index < -0.39 is 0 Å². The zero-order chi connectivity index (χ0) is 11.0. The summed E-state index contributed by atoms with van der Waals surface area (Å²) < 4.78 is 2.42. The first-order valence-electron chi connectivity index (χ1n) is 6.51. The minimum atomic E-state index is 0.668. The maximum Gasteiger partial charge on any atom is 0.109 e. The minimum Gasteiger partial charge on any atom is -0.332 e. The lowest BCUT2D eigenvalue weighted by Gasteiger charge is -2.20. The van der Waals surface area contributed by atoms with Crippen LogP contribution < -0.4 is 0 Å². The molecule has 0 amide bonds. The van der Waals surface area contributed by atoms with Crippen molar-refractivity contribution in [2.45, 2.75) is 56.7 Å².